The first-order valence-electron chi connectivity index (χ1n) is 10.6. The van der Waals surface area contributed by atoms with Crippen LogP contribution in [0.15, 0.2) is 48.5 Å². The number of benzene rings is 3. The van der Waals surface area contributed by atoms with Crippen LogP contribution in [0.5, 0.6) is 11.5 Å². The first kappa shape index (κ1) is 20.4. The van der Waals surface area contributed by atoms with Gasteiger partial charge in [-0.05, 0) is 62.4 Å². The number of Topliss-reactive ketones (excluding diaryl/α,β-unsaturated/α-hetero) is 1. The molecule has 4 nitrogen and oxygen atoms in total. The van der Waals surface area contributed by atoms with Crippen LogP contribution >= 0.6 is 0 Å². The highest BCUT2D eigenvalue weighted by molar-refractivity contribution is 5.98. The Morgan fingerprint density at radius 1 is 0.967 bits per heavy atom. The molecule has 156 valence electrons. The van der Waals surface area contributed by atoms with Crippen LogP contribution in [0.1, 0.15) is 46.3 Å². The van der Waals surface area contributed by atoms with Crippen molar-refractivity contribution < 1.29 is 19.0 Å². The average Bonchev–Trinajstić information content (AvgIpc) is 2.76. The number of ketones is 1. The second kappa shape index (κ2) is 8.88. The van der Waals surface area contributed by atoms with Crippen molar-refractivity contribution in [3.63, 3.8) is 0 Å². The minimum Gasteiger partial charge on any atom is -0.485 e. The molecule has 1 saturated heterocycles. The lowest BCUT2D eigenvalue weighted by molar-refractivity contribution is -0.105. The number of carbonyl (C=O) groups excluding carboxylic acids is 1. The van der Waals surface area contributed by atoms with Crippen molar-refractivity contribution in [2.75, 3.05) is 13.2 Å². The monoisotopic (exact) mass is 404 g/mol. The summed E-state index contributed by atoms with van der Waals surface area (Å²) in [5.41, 5.74) is 3.89. The zero-order valence-corrected chi connectivity index (χ0v) is 17.9. The predicted molar refractivity (Wildman–Crippen MR) is 119 cm³/mol. The van der Waals surface area contributed by atoms with Crippen LogP contribution in [0.2, 0.25) is 0 Å². The Kier molecular flexibility index (Phi) is 6.05. The second-order valence-corrected chi connectivity index (χ2v) is 7.99. The van der Waals surface area contributed by atoms with Crippen molar-refractivity contribution in [1.82, 2.24) is 0 Å². The van der Waals surface area contributed by atoms with Crippen LogP contribution in [0.4, 0.5) is 0 Å². The van der Waals surface area contributed by atoms with Gasteiger partial charge in [-0.2, -0.15) is 0 Å². The summed E-state index contributed by atoms with van der Waals surface area (Å²) in [7, 11) is 0. The van der Waals surface area contributed by atoms with E-state index in [0.717, 1.165) is 59.3 Å². The van der Waals surface area contributed by atoms with E-state index in [2.05, 4.69) is 0 Å². The molecule has 4 rings (SSSR count). The molecule has 0 aromatic heterocycles. The van der Waals surface area contributed by atoms with Crippen LogP contribution < -0.4 is 9.47 Å². The van der Waals surface area contributed by atoms with E-state index >= 15 is 0 Å². The minimum atomic E-state index is -0.209. The summed E-state index contributed by atoms with van der Waals surface area (Å²) in [4.78, 5) is 12.7. The third kappa shape index (κ3) is 4.34. The van der Waals surface area contributed by atoms with Crippen molar-refractivity contribution in [2.24, 2.45) is 0 Å². The van der Waals surface area contributed by atoms with E-state index in [4.69, 9.17) is 14.2 Å². The molecule has 1 unspecified atom stereocenters. The lowest BCUT2D eigenvalue weighted by Gasteiger charge is -2.25. The summed E-state index contributed by atoms with van der Waals surface area (Å²) < 4.78 is 18.0. The lowest BCUT2D eigenvalue weighted by Crippen LogP contribution is -2.25. The summed E-state index contributed by atoms with van der Waals surface area (Å²) in [5, 5.41) is 1.90. The number of hydrogen-bond donors (Lipinski definition) is 0. The SMILES string of the molecule is Cc1ccc(C(=O)COc2c(C)cc(OC3CCCCO3)c3ccccc23)cc1C. The average molecular weight is 405 g/mol. The summed E-state index contributed by atoms with van der Waals surface area (Å²) in [5.74, 6) is 1.49. The summed E-state index contributed by atoms with van der Waals surface area (Å²) >= 11 is 0. The number of rotatable bonds is 6. The largest absolute Gasteiger partial charge is 0.485 e. The number of ether oxygens (including phenoxy) is 3. The van der Waals surface area contributed by atoms with Gasteiger partial charge in [0.1, 0.15) is 11.5 Å². The van der Waals surface area contributed by atoms with E-state index in [1.807, 2.05) is 69.3 Å². The fourth-order valence-corrected chi connectivity index (χ4v) is 3.82. The van der Waals surface area contributed by atoms with Crippen LogP contribution in [-0.4, -0.2) is 25.3 Å². The van der Waals surface area contributed by atoms with Crippen LogP contribution in [0.3, 0.4) is 0 Å². The van der Waals surface area contributed by atoms with Gasteiger partial charge in [-0.25, -0.2) is 0 Å². The normalized spacial score (nSPS) is 16.4. The van der Waals surface area contributed by atoms with Gasteiger partial charge in [-0.1, -0.05) is 36.4 Å². The highest BCUT2D eigenvalue weighted by Crippen LogP contribution is 2.37. The molecule has 0 spiro atoms. The van der Waals surface area contributed by atoms with Gasteiger partial charge in [-0.15, -0.1) is 0 Å². The van der Waals surface area contributed by atoms with Crippen molar-refractivity contribution in [2.45, 2.75) is 46.3 Å². The number of hydrogen-bond acceptors (Lipinski definition) is 4. The molecule has 1 aliphatic rings. The molecule has 30 heavy (non-hydrogen) atoms. The fraction of sp³-hybridized carbons (Fsp3) is 0.346. The van der Waals surface area contributed by atoms with Gasteiger partial charge in [0, 0.05) is 22.8 Å². The summed E-state index contributed by atoms with van der Waals surface area (Å²) in [6, 6.07) is 15.7. The Labute approximate surface area is 177 Å². The summed E-state index contributed by atoms with van der Waals surface area (Å²) in [6.07, 6.45) is 2.89. The molecular weight excluding hydrogens is 376 g/mol. The van der Waals surface area contributed by atoms with Gasteiger partial charge in [0.05, 0.1) is 6.61 Å². The van der Waals surface area contributed by atoms with Crippen molar-refractivity contribution in [3.8, 4) is 11.5 Å². The topological polar surface area (TPSA) is 44.8 Å². The van der Waals surface area contributed by atoms with Crippen LogP contribution in [-0.2, 0) is 4.74 Å². The van der Waals surface area contributed by atoms with Gasteiger partial charge < -0.3 is 14.2 Å². The highest BCUT2D eigenvalue weighted by Gasteiger charge is 2.19. The van der Waals surface area contributed by atoms with Gasteiger partial charge >= 0.3 is 0 Å². The Morgan fingerprint density at radius 3 is 2.50 bits per heavy atom. The molecule has 1 atom stereocenters. The van der Waals surface area contributed by atoms with Gasteiger partial charge in [0.25, 0.3) is 0 Å². The minimum absolute atomic E-state index is 0.000719. The van der Waals surface area contributed by atoms with Crippen molar-refractivity contribution in [1.29, 1.82) is 0 Å². The van der Waals surface area contributed by atoms with E-state index in [0.29, 0.717) is 5.56 Å². The number of aryl methyl sites for hydroxylation is 3. The van der Waals surface area contributed by atoms with E-state index in [-0.39, 0.29) is 18.7 Å². The third-order valence-electron chi connectivity index (χ3n) is 5.72. The van der Waals surface area contributed by atoms with Gasteiger partial charge in [-0.3, -0.25) is 4.79 Å². The predicted octanol–water partition coefficient (Wildman–Crippen LogP) is 5.93. The van der Waals surface area contributed by atoms with Gasteiger partial charge in [0.15, 0.2) is 18.7 Å². The zero-order chi connectivity index (χ0) is 21.1. The lowest BCUT2D eigenvalue weighted by atomic mass is 10.0. The smallest absolute Gasteiger partial charge is 0.200 e. The first-order valence-corrected chi connectivity index (χ1v) is 10.6. The Balaban J connectivity index is 1.58. The first-order chi connectivity index (χ1) is 14.5. The van der Waals surface area contributed by atoms with Crippen LogP contribution in [0, 0.1) is 20.8 Å². The maximum absolute atomic E-state index is 12.7. The molecule has 0 aliphatic carbocycles. The molecule has 0 radical (unpaired) electrons. The van der Waals surface area contributed by atoms with E-state index in [1.165, 1.54) is 5.56 Å². The molecule has 4 heteroatoms. The molecule has 0 N–H and O–H groups in total. The molecule has 3 aromatic carbocycles. The third-order valence-corrected chi connectivity index (χ3v) is 5.72. The Hall–Kier alpha value is -2.85. The maximum atomic E-state index is 12.7. The van der Waals surface area contributed by atoms with E-state index in [1.54, 1.807) is 0 Å². The quantitative estimate of drug-likeness (QED) is 0.478. The second-order valence-electron chi connectivity index (χ2n) is 7.99. The number of carbonyl (C=O) groups is 1. The molecule has 3 aromatic rings. The molecule has 1 aliphatic heterocycles. The molecule has 1 heterocycles. The summed E-state index contributed by atoms with van der Waals surface area (Å²) in [6.45, 7) is 6.77. The molecule has 0 saturated carbocycles. The number of fused-ring (bicyclic) bond motifs is 1. The standard InChI is InChI=1S/C26H28O4/c1-17-11-12-20(14-18(17)2)23(27)16-29-26-19(3)15-24(21-8-4-5-9-22(21)26)30-25-10-6-7-13-28-25/h4-5,8-9,11-12,14-15,25H,6-7,10,13,16H2,1-3H3. The zero-order valence-electron chi connectivity index (χ0n) is 17.9. The molecule has 0 bridgehead atoms. The highest BCUT2D eigenvalue weighted by atomic mass is 16.7. The Morgan fingerprint density at radius 2 is 1.77 bits per heavy atom. The molecule has 1 fully saturated rings. The molecular formula is C26H28O4. The van der Waals surface area contributed by atoms with E-state index in [9.17, 15) is 4.79 Å². The Bertz CT molecular complexity index is 1060. The van der Waals surface area contributed by atoms with Gasteiger partial charge in [0.2, 0.25) is 0 Å². The fourth-order valence-electron chi connectivity index (χ4n) is 3.82. The van der Waals surface area contributed by atoms with Crippen molar-refractivity contribution in [3.05, 3.63) is 70.8 Å². The van der Waals surface area contributed by atoms with Crippen LogP contribution in [0.25, 0.3) is 10.8 Å². The maximum Gasteiger partial charge on any atom is 0.200 e. The van der Waals surface area contributed by atoms with Crippen molar-refractivity contribution >= 4 is 16.6 Å². The molecule has 0 amide bonds. The van der Waals surface area contributed by atoms with E-state index < -0.39 is 0 Å².